The number of aryl methyl sites for hydroxylation is 2. The van der Waals surface area contributed by atoms with Crippen LogP contribution in [0.1, 0.15) is 11.3 Å². The molecule has 5 heteroatoms. The Hall–Kier alpha value is -2.39. The van der Waals surface area contributed by atoms with Crippen LogP contribution in [-0.2, 0) is 18.4 Å². The summed E-state index contributed by atoms with van der Waals surface area (Å²) in [7, 11) is 1.88. The zero-order valence-electron chi connectivity index (χ0n) is 10.3. The van der Waals surface area contributed by atoms with Crippen molar-refractivity contribution >= 4 is 11.8 Å². The third-order valence-corrected chi connectivity index (χ3v) is 2.52. The van der Waals surface area contributed by atoms with Gasteiger partial charge in [0.05, 0.1) is 11.4 Å². The second kappa shape index (κ2) is 5.29. The van der Waals surface area contributed by atoms with Gasteiger partial charge in [0.1, 0.15) is 12.4 Å². The Morgan fingerprint density at radius 1 is 1.39 bits per heavy atom. The lowest BCUT2D eigenvalue weighted by atomic mass is 10.3. The number of nitrogens with zero attached hydrogens (tertiary/aromatic N) is 3. The van der Waals surface area contributed by atoms with Gasteiger partial charge in [-0.15, -0.1) is 0 Å². The lowest BCUT2D eigenvalue weighted by Gasteiger charge is -2.04. The third-order valence-electron chi connectivity index (χ3n) is 2.52. The van der Waals surface area contributed by atoms with Gasteiger partial charge >= 0.3 is 0 Å². The molecular weight excluding hydrogens is 230 g/mol. The van der Waals surface area contributed by atoms with Gasteiger partial charge < -0.3 is 4.74 Å². The summed E-state index contributed by atoms with van der Waals surface area (Å²) in [5.41, 5.74) is 2.57. The van der Waals surface area contributed by atoms with Gasteiger partial charge in [0.25, 0.3) is 0 Å². The van der Waals surface area contributed by atoms with Gasteiger partial charge in [0, 0.05) is 18.8 Å². The van der Waals surface area contributed by atoms with E-state index in [0.29, 0.717) is 12.3 Å². The lowest BCUT2D eigenvalue weighted by Crippen LogP contribution is -1.95. The Kier molecular flexibility index (Phi) is 3.55. The monoisotopic (exact) mass is 243 g/mol. The quantitative estimate of drug-likeness (QED) is 0.611. The minimum Gasteiger partial charge on any atom is -0.489 e. The highest BCUT2D eigenvalue weighted by Crippen LogP contribution is 2.19. The van der Waals surface area contributed by atoms with Crippen LogP contribution in [0.4, 0.5) is 5.69 Å². The summed E-state index contributed by atoms with van der Waals surface area (Å²) < 4.78 is 7.39. The van der Waals surface area contributed by atoms with Crippen molar-refractivity contribution in [3.8, 4) is 5.75 Å². The number of carbonyl (C=O) groups excluding carboxylic acids is 1. The number of hydrogen-bond acceptors (Lipinski definition) is 4. The topological polar surface area (TPSA) is 56.5 Å². The molecule has 0 bridgehead atoms. The number of aromatic nitrogens is 2. The van der Waals surface area contributed by atoms with Crippen LogP contribution in [0.15, 0.2) is 35.5 Å². The summed E-state index contributed by atoms with van der Waals surface area (Å²) in [5.74, 6) is 0.725. The highest BCUT2D eigenvalue weighted by atomic mass is 16.5. The molecule has 1 aromatic heterocycles. The molecule has 0 atom stereocenters. The van der Waals surface area contributed by atoms with E-state index in [-0.39, 0.29) is 0 Å². The standard InChI is InChI=1S/C13H13N3O2/c1-10-11(7-16(2)15-10)8-18-13-5-3-12(4-6-13)14-9-17/h3-7H,8H2,1-2H3. The maximum absolute atomic E-state index is 10.1. The van der Waals surface area contributed by atoms with Crippen molar-refractivity contribution in [3.63, 3.8) is 0 Å². The van der Waals surface area contributed by atoms with E-state index in [1.165, 1.54) is 6.08 Å². The molecule has 92 valence electrons. The van der Waals surface area contributed by atoms with Gasteiger partial charge in [-0.2, -0.15) is 10.1 Å². The Bertz CT molecular complexity index is 581. The SMILES string of the molecule is Cc1nn(C)cc1COc1ccc(N=C=O)cc1. The van der Waals surface area contributed by atoms with Crippen LogP contribution < -0.4 is 4.74 Å². The van der Waals surface area contributed by atoms with Gasteiger partial charge in [0.15, 0.2) is 0 Å². The Balaban J connectivity index is 2.02. The summed E-state index contributed by atoms with van der Waals surface area (Å²) in [4.78, 5) is 13.6. The Labute approximate surface area is 105 Å². The summed E-state index contributed by atoms with van der Waals surface area (Å²) in [6.07, 6.45) is 3.43. The fourth-order valence-corrected chi connectivity index (χ4v) is 1.62. The summed E-state index contributed by atoms with van der Waals surface area (Å²) in [5, 5.41) is 4.24. The maximum atomic E-state index is 10.1. The van der Waals surface area contributed by atoms with E-state index in [2.05, 4.69) is 10.1 Å². The molecule has 0 radical (unpaired) electrons. The smallest absolute Gasteiger partial charge is 0.240 e. The number of aliphatic imine (C=N–C) groups is 1. The van der Waals surface area contributed by atoms with E-state index in [0.717, 1.165) is 17.0 Å². The van der Waals surface area contributed by atoms with Crippen LogP contribution in [0.5, 0.6) is 5.75 Å². The minimum absolute atomic E-state index is 0.468. The van der Waals surface area contributed by atoms with E-state index in [9.17, 15) is 4.79 Å². The van der Waals surface area contributed by atoms with Crippen molar-refractivity contribution in [3.05, 3.63) is 41.7 Å². The fraction of sp³-hybridized carbons (Fsp3) is 0.231. The molecule has 0 amide bonds. The first-order valence-corrected chi connectivity index (χ1v) is 5.49. The van der Waals surface area contributed by atoms with E-state index >= 15 is 0 Å². The summed E-state index contributed by atoms with van der Waals surface area (Å²) >= 11 is 0. The first-order valence-electron chi connectivity index (χ1n) is 5.49. The molecule has 0 aliphatic rings. The van der Waals surface area contributed by atoms with Crippen LogP contribution >= 0.6 is 0 Å². The van der Waals surface area contributed by atoms with Crippen molar-refractivity contribution in [1.29, 1.82) is 0 Å². The predicted molar refractivity (Wildman–Crippen MR) is 66.5 cm³/mol. The first kappa shape index (κ1) is 12.1. The fourth-order valence-electron chi connectivity index (χ4n) is 1.62. The van der Waals surface area contributed by atoms with Gasteiger partial charge in [-0.1, -0.05) is 0 Å². The van der Waals surface area contributed by atoms with Crippen LogP contribution in [-0.4, -0.2) is 15.9 Å². The predicted octanol–water partition coefficient (Wildman–Crippen LogP) is 2.27. The molecular formula is C13H13N3O2. The molecule has 18 heavy (non-hydrogen) atoms. The van der Waals surface area contributed by atoms with Crippen molar-refractivity contribution in [1.82, 2.24) is 9.78 Å². The molecule has 0 fully saturated rings. The average molecular weight is 243 g/mol. The molecule has 0 unspecified atom stereocenters. The lowest BCUT2D eigenvalue weighted by molar-refractivity contribution is 0.305. The van der Waals surface area contributed by atoms with Gasteiger partial charge in [0.2, 0.25) is 6.08 Å². The molecule has 2 aromatic rings. The molecule has 2 rings (SSSR count). The molecule has 0 saturated heterocycles. The zero-order valence-corrected chi connectivity index (χ0v) is 10.3. The van der Waals surface area contributed by atoms with E-state index in [1.807, 2.05) is 20.2 Å². The molecule has 0 N–H and O–H groups in total. The van der Waals surface area contributed by atoms with Crippen LogP contribution in [0.3, 0.4) is 0 Å². The minimum atomic E-state index is 0.468. The summed E-state index contributed by atoms with van der Waals surface area (Å²) in [6.45, 7) is 2.41. The number of hydrogen-bond donors (Lipinski definition) is 0. The summed E-state index contributed by atoms with van der Waals surface area (Å²) in [6, 6.07) is 6.94. The van der Waals surface area contributed by atoms with Crippen LogP contribution in [0.25, 0.3) is 0 Å². The Morgan fingerprint density at radius 3 is 2.67 bits per heavy atom. The first-order chi connectivity index (χ1) is 8.69. The van der Waals surface area contributed by atoms with Crippen molar-refractivity contribution < 1.29 is 9.53 Å². The average Bonchev–Trinajstić information content (AvgIpc) is 2.67. The molecule has 1 aromatic carbocycles. The number of rotatable bonds is 4. The molecule has 1 heterocycles. The maximum Gasteiger partial charge on any atom is 0.240 e. The number of benzene rings is 1. The normalized spacial score (nSPS) is 9.89. The zero-order chi connectivity index (χ0) is 13.0. The van der Waals surface area contributed by atoms with Crippen LogP contribution in [0.2, 0.25) is 0 Å². The highest BCUT2D eigenvalue weighted by Gasteiger charge is 2.03. The van der Waals surface area contributed by atoms with Crippen molar-refractivity contribution in [2.75, 3.05) is 0 Å². The molecule has 0 aliphatic heterocycles. The third kappa shape index (κ3) is 2.84. The van der Waals surface area contributed by atoms with E-state index < -0.39 is 0 Å². The van der Waals surface area contributed by atoms with Gasteiger partial charge in [-0.3, -0.25) is 4.68 Å². The largest absolute Gasteiger partial charge is 0.489 e. The highest BCUT2D eigenvalue weighted by molar-refractivity contribution is 5.50. The number of ether oxygens (including phenoxy) is 1. The molecule has 0 saturated carbocycles. The second-order valence-electron chi connectivity index (χ2n) is 3.90. The van der Waals surface area contributed by atoms with Crippen molar-refractivity contribution in [2.45, 2.75) is 13.5 Å². The molecule has 0 spiro atoms. The van der Waals surface area contributed by atoms with Crippen molar-refractivity contribution in [2.24, 2.45) is 12.0 Å². The molecule has 0 aliphatic carbocycles. The Morgan fingerprint density at radius 2 is 2.11 bits per heavy atom. The van der Waals surface area contributed by atoms with E-state index in [4.69, 9.17) is 4.74 Å². The molecule has 5 nitrogen and oxygen atoms in total. The second-order valence-corrected chi connectivity index (χ2v) is 3.90. The van der Waals surface area contributed by atoms with Crippen LogP contribution in [0, 0.1) is 6.92 Å². The van der Waals surface area contributed by atoms with Gasteiger partial charge in [-0.05, 0) is 31.2 Å². The number of isocyanates is 1. The van der Waals surface area contributed by atoms with E-state index in [1.54, 1.807) is 28.9 Å². The van der Waals surface area contributed by atoms with Gasteiger partial charge in [-0.25, -0.2) is 4.79 Å².